The summed E-state index contributed by atoms with van der Waals surface area (Å²) in [5.74, 6) is -0.0720. The van der Waals surface area contributed by atoms with E-state index in [2.05, 4.69) is 4.98 Å². The van der Waals surface area contributed by atoms with Crippen molar-refractivity contribution in [2.24, 2.45) is 7.05 Å². The van der Waals surface area contributed by atoms with E-state index < -0.39 is 0 Å². The molecule has 0 saturated carbocycles. The van der Waals surface area contributed by atoms with Gasteiger partial charge >= 0.3 is 0 Å². The van der Waals surface area contributed by atoms with Crippen molar-refractivity contribution in [3.05, 3.63) is 53.1 Å². The third-order valence-electron chi connectivity index (χ3n) is 3.41. The van der Waals surface area contributed by atoms with Crippen LogP contribution < -0.4 is 0 Å². The van der Waals surface area contributed by atoms with Crippen molar-refractivity contribution in [2.75, 3.05) is 7.05 Å². The second-order valence-corrected chi connectivity index (χ2v) is 5.24. The number of hydrogen-bond donors (Lipinski definition) is 0. The first-order chi connectivity index (χ1) is 10.0. The lowest BCUT2D eigenvalue weighted by Crippen LogP contribution is -2.27. The van der Waals surface area contributed by atoms with Gasteiger partial charge in [0.15, 0.2) is 5.58 Å². The molecule has 3 rings (SSSR count). The normalized spacial score (nSPS) is 11.0. The van der Waals surface area contributed by atoms with Crippen LogP contribution in [0.4, 0.5) is 0 Å². The van der Waals surface area contributed by atoms with Crippen LogP contribution in [0.15, 0.2) is 40.9 Å². The van der Waals surface area contributed by atoms with Gasteiger partial charge < -0.3 is 13.9 Å². The molecule has 0 unspecified atom stereocenters. The molecule has 3 aromatic rings. The summed E-state index contributed by atoms with van der Waals surface area (Å²) in [4.78, 5) is 18.2. The van der Waals surface area contributed by atoms with Crippen LogP contribution in [-0.4, -0.2) is 27.4 Å². The van der Waals surface area contributed by atoms with E-state index in [9.17, 15) is 4.79 Å². The van der Waals surface area contributed by atoms with Crippen LogP contribution >= 0.6 is 11.6 Å². The van der Waals surface area contributed by atoms with Crippen molar-refractivity contribution in [1.82, 2.24) is 14.5 Å². The maximum Gasteiger partial charge on any atom is 0.293 e. The fraction of sp³-hybridized carbons (Fsp3) is 0.200. The minimum Gasteiger partial charge on any atom is -0.428 e. The topological polar surface area (TPSA) is 51.3 Å². The molecule has 0 aliphatic rings. The number of carbonyl (C=O) groups is 1. The quantitative estimate of drug-likeness (QED) is 0.747. The lowest BCUT2D eigenvalue weighted by Gasteiger charge is -2.17. The number of benzene rings is 1. The largest absolute Gasteiger partial charge is 0.428 e. The first-order valence-corrected chi connectivity index (χ1v) is 6.84. The standard InChI is InChI=1S/C15H14ClN3O2/c1-18-7-3-4-11(18)9-19(2)14(20)10-5-6-13-12(8-10)17-15(16)21-13/h3-8H,9H2,1-2H3. The minimum atomic E-state index is -0.0720. The predicted molar refractivity (Wildman–Crippen MR) is 80.2 cm³/mol. The Balaban J connectivity index is 1.83. The number of carbonyl (C=O) groups excluding carboxylic acids is 1. The number of hydrogen-bond acceptors (Lipinski definition) is 3. The van der Waals surface area contributed by atoms with Crippen LogP contribution in [0, 0.1) is 0 Å². The van der Waals surface area contributed by atoms with E-state index in [-0.39, 0.29) is 11.3 Å². The summed E-state index contributed by atoms with van der Waals surface area (Å²) in [6.07, 6.45) is 1.96. The van der Waals surface area contributed by atoms with Crippen molar-refractivity contribution >= 4 is 28.6 Å². The predicted octanol–water partition coefficient (Wildman–Crippen LogP) is 3.09. The fourth-order valence-electron chi connectivity index (χ4n) is 2.23. The van der Waals surface area contributed by atoms with Crippen LogP contribution in [0.5, 0.6) is 0 Å². The molecule has 0 saturated heterocycles. The summed E-state index contributed by atoms with van der Waals surface area (Å²) < 4.78 is 7.18. The first-order valence-electron chi connectivity index (χ1n) is 6.46. The summed E-state index contributed by atoms with van der Waals surface area (Å²) in [5, 5.41) is 0.0757. The van der Waals surface area contributed by atoms with E-state index >= 15 is 0 Å². The third-order valence-corrected chi connectivity index (χ3v) is 3.57. The molecule has 0 radical (unpaired) electrons. The zero-order valence-electron chi connectivity index (χ0n) is 11.7. The molecule has 0 atom stereocenters. The maximum absolute atomic E-state index is 12.5. The molecule has 108 valence electrons. The summed E-state index contributed by atoms with van der Waals surface area (Å²) in [5.41, 5.74) is 2.78. The fourth-order valence-corrected chi connectivity index (χ4v) is 2.40. The molecular formula is C15H14ClN3O2. The molecule has 2 aromatic heterocycles. The van der Waals surface area contributed by atoms with Gasteiger partial charge in [-0.15, -0.1) is 0 Å². The van der Waals surface area contributed by atoms with Crippen LogP contribution in [0.25, 0.3) is 11.1 Å². The smallest absolute Gasteiger partial charge is 0.293 e. The molecule has 0 spiro atoms. The monoisotopic (exact) mass is 303 g/mol. The van der Waals surface area contributed by atoms with Crippen molar-refractivity contribution in [3.63, 3.8) is 0 Å². The molecule has 0 aliphatic carbocycles. The molecule has 0 bridgehead atoms. The average Bonchev–Trinajstić information content (AvgIpc) is 3.02. The van der Waals surface area contributed by atoms with E-state index in [4.69, 9.17) is 16.0 Å². The van der Waals surface area contributed by atoms with Crippen molar-refractivity contribution in [3.8, 4) is 0 Å². The molecule has 2 heterocycles. The number of amides is 1. The Morgan fingerprint density at radius 3 is 2.95 bits per heavy atom. The summed E-state index contributed by atoms with van der Waals surface area (Å²) in [7, 11) is 3.73. The maximum atomic E-state index is 12.5. The molecule has 0 N–H and O–H groups in total. The second kappa shape index (κ2) is 5.26. The highest BCUT2D eigenvalue weighted by atomic mass is 35.5. The van der Waals surface area contributed by atoms with E-state index in [0.717, 1.165) is 5.69 Å². The van der Waals surface area contributed by atoms with Gasteiger partial charge in [0, 0.05) is 31.5 Å². The van der Waals surface area contributed by atoms with E-state index in [1.807, 2.05) is 29.9 Å². The highest BCUT2D eigenvalue weighted by Crippen LogP contribution is 2.20. The molecule has 6 heteroatoms. The summed E-state index contributed by atoms with van der Waals surface area (Å²) in [6.45, 7) is 0.542. The van der Waals surface area contributed by atoms with Crippen LogP contribution in [0.3, 0.4) is 0 Å². The molecule has 21 heavy (non-hydrogen) atoms. The van der Waals surface area contributed by atoms with Gasteiger partial charge in [-0.3, -0.25) is 4.79 Å². The first kappa shape index (κ1) is 13.7. The van der Waals surface area contributed by atoms with Gasteiger partial charge in [0.2, 0.25) is 0 Å². The number of aromatic nitrogens is 2. The highest BCUT2D eigenvalue weighted by molar-refractivity contribution is 6.28. The Morgan fingerprint density at radius 1 is 1.43 bits per heavy atom. The third kappa shape index (κ3) is 2.64. The van der Waals surface area contributed by atoms with Crippen LogP contribution in [-0.2, 0) is 13.6 Å². The summed E-state index contributed by atoms with van der Waals surface area (Å²) >= 11 is 5.71. The van der Waals surface area contributed by atoms with Gasteiger partial charge in [-0.05, 0) is 41.9 Å². The molecule has 0 fully saturated rings. The number of nitrogens with zero attached hydrogens (tertiary/aromatic N) is 3. The van der Waals surface area contributed by atoms with Gasteiger partial charge in [-0.1, -0.05) is 0 Å². The Labute approximate surface area is 126 Å². The molecule has 1 aromatic carbocycles. The molecule has 0 aliphatic heterocycles. The van der Waals surface area contributed by atoms with Gasteiger partial charge in [-0.25, -0.2) is 0 Å². The number of aryl methyl sites for hydroxylation is 1. The number of halogens is 1. The molecule has 1 amide bonds. The lowest BCUT2D eigenvalue weighted by molar-refractivity contribution is 0.0782. The second-order valence-electron chi connectivity index (χ2n) is 4.92. The Morgan fingerprint density at radius 2 is 2.24 bits per heavy atom. The van der Waals surface area contributed by atoms with Crippen LogP contribution in [0.1, 0.15) is 16.1 Å². The van der Waals surface area contributed by atoms with Gasteiger partial charge in [0.25, 0.3) is 11.3 Å². The Bertz CT molecular complexity index is 806. The number of rotatable bonds is 3. The van der Waals surface area contributed by atoms with Gasteiger partial charge in [0.05, 0.1) is 6.54 Å². The lowest BCUT2D eigenvalue weighted by atomic mass is 10.2. The zero-order valence-corrected chi connectivity index (χ0v) is 12.5. The number of oxazole rings is 1. The summed E-state index contributed by atoms with van der Waals surface area (Å²) in [6, 6.07) is 9.06. The van der Waals surface area contributed by atoms with Gasteiger partial charge in [-0.2, -0.15) is 4.98 Å². The van der Waals surface area contributed by atoms with E-state index in [1.54, 1.807) is 30.1 Å². The highest BCUT2D eigenvalue weighted by Gasteiger charge is 2.15. The van der Waals surface area contributed by atoms with E-state index in [1.165, 1.54) is 0 Å². The van der Waals surface area contributed by atoms with Crippen molar-refractivity contribution < 1.29 is 9.21 Å². The average molecular weight is 304 g/mol. The Hall–Kier alpha value is -2.27. The Kier molecular flexibility index (Phi) is 3.43. The van der Waals surface area contributed by atoms with Crippen LogP contribution in [0.2, 0.25) is 5.35 Å². The van der Waals surface area contributed by atoms with Crippen molar-refractivity contribution in [1.29, 1.82) is 0 Å². The zero-order chi connectivity index (χ0) is 15.0. The molecule has 5 nitrogen and oxygen atoms in total. The van der Waals surface area contributed by atoms with E-state index in [0.29, 0.717) is 23.2 Å². The number of fused-ring (bicyclic) bond motifs is 1. The van der Waals surface area contributed by atoms with Crippen molar-refractivity contribution in [2.45, 2.75) is 6.54 Å². The minimum absolute atomic E-state index is 0.0720. The van der Waals surface area contributed by atoms with Gasteiger partial charge in [0.1, 0.15) is 5.52 Å². The molecular weight excluding hydrogens is 290 g/mol. The SMILES string of the molecule is CN(Cc1cccn1C)C(=O)c1ccc2oc(Cl)nc2c1.